The molecule has 0 radical (unpaired) electrons. The second-order valence-corrected chi connectivity index (χ2v) is 6.11. The average molecular weight is 316 g/mol. The van der Waals surface area contributed by atoms with Crippen LogP contribution in [-0.4, -0.2) is 39.9 Å². The molecule has 2 aliphatic rings. The third-order valence-electron chi connectivity index (χ3n) is 2.76. The third kappa shape index (κ3) is 2.29. The minimum atomic E-state index is -0.663. The number of hydrogen-bond acceptors (Lipinski definition) is 5. The van der Waals surface area contributed by atoms with Crippen LogP contribution in [0.4, 0.5) is 4.79 Å². The summed E-state index contributed by atoms with van der Waals surface area (Å²) in [5.74, 6) is -0.0813. The Labute approximate surface area is 114 Å². The Balaban J connectivity index is 2.13. The van der Waals surface area contributed by atoms with E-state index >= 15 is 0 Å². The van der Waals surface area contributed by atoms with E-state index in [1.165, 1.54) is 4.90 Å². The average Bonchev–Trinajstić information content (AvgIpc) is 2.76. The normalized spacial score (nSPS) is 30.3. The van der Waals surface area contributed by atoms with Crippen LogP contribution in [0.15, 0.2) is 5.16 Å². The second-order valence-electron chi connectivity index (χ2n) is 5.30. The lowest BCUT2D eigenvalue weighted by Gasteiger charge is -2.26. The predicted molar refractivity (Wildman–Crippen MR) is 67.1 cm³/mol. The smallest absolute Gasteiger partial charge is 0.411 e. The highest BCUT2D eigenvalue weighted by Crippen LogP contribution is 2.34. The van der Waals surface area contributed by atoms with Crippen molar-refractivity contribution in [1.82, 2.24) is 4.90 Å². The number of amides is 1. The van der Waals surface area contributed by atoms with Crippen molar-refractivity contribution in [1.29, 1.82) is 5.26 Å². The largest absolute Gasteiger partial charge is 0.444 e. The molecule has 1 saturated heterocycles. The fourth-order valence-electron chi connectivity index (χ4n) is 2.00. The highest BCUT2D eigenvalue weighted by molar-refractivity contribution is 9.18. The lowest BCUT2D eigenvalue weighted by Crippen LogP contribution is -2.42. The van der Waals surface area contributed by atoms with Gasteiger partial charge in [0.2, 0.25) is 0 Å². The quantitative estimate of drug-likeness (QED) is 0.683. The van der Waals surface area contributed by atoms with Crippen LogP contribution < -0.4 is 0 Å². The summed E-state index contributed by atoms with van der Waals surface area (Å²) in [7, 11) is 0. The van der Waals surface area contributed by atoms with Gasteiger partial charge in [0.05, 0.1) is 12.0 Å². The number of oxime groups is 1. The number of nitrogens with zero attached hydrogens (tertiary/aromatic N) is 3. The highest BCUT2D eigenvalue weighted by Gasteiger charge is 2.51. The number of ether oxygens (including phenoxy) is 1. The summed E-state index contributed by atoms with van der Waals surface area (Å²) >= 11 is 3.28. The van der Waals surface area contributed by atoms with E-state index in [9.17, 15) is 10.1 Å². The van der Waals surface area contributed by atoms with Crippen LogP contribution in [0.5, 0.6) is 0 Å². The number of carbonyl (C=O) groups excluding carboxylic acids is 1. The number of nitriles is 1. The standard InChI is InChI=1S/C11H14BrN3O3/c1-11(2,3)17-10(16)15-5-6-8(7(15)4-13)18-14-9(6)12/h6-8H,5H2,1-3H3/t6-,7+,8-/m0/s1. The molecule has 18 heavy (non-hydrogen) atoms. The van der Waals surface area contributed by atoms with Gasteiger partial charge in [0.15, 0.2) is 12.1 Å². The maximum absolute atomic E-state index is 12.0. The molecule has 0 aromatic heterocycles. The van der Waals surface area contributed by atoms with Gasteiger partial charge in [0.25, 0.3) is 0 Å². The SMILES string of the molecule is CC(C)(C)OC(=O)N1C[C@@H]2C(Br)=NO[C@@H]2[C@H]1C#N. The topological polar surface area (TPSA) is 74.9 Å². The number of likely N-dealkylation sites (tertiary alicyclic amines) is 1. The summed E-state index contributed by atoms with van der Waals surface area (Å²) in [5.41, 5.74) is -0.582. The minimum Gasteiger partial charge on any atom is -0.444 e. The van der Waals surface area contributed by atoms with Crippen molar-refractivity contribution in [3.8, 4) is 6.07 Å². The van der Waals surface area contributed by atoms with E-state index in [0.29, 0.717) is 11.2 Å². The van der Waals surface area contributed by atoms with Gasteiger partial charge in [0.1, 0.15) is 10.2 Å². The molecule has 0 unspecified atom stereocenters. The molecule has 1 amide bonds. The Morgan fingerprint density at radius 1 is 1.67 bits per heavy atom. The monoisotopic (exact) mass is 315 g/mol. The molecule has 0 spiro atoms. The molecule has 0 N–H and O–H groups in total. The zero-order chi connectivity index (χ0) is 13.5. The van der Waals surface area contributed by atoms with Crippen molar-refractivity contribution in [2.24, 2.45) is 11.1 Å². The van der Waals surface area contributed by atoms with Gasteiger partial charge in [-0.3, -0.25) is 4.90 Å². The van der Waals surface area contributed by atoms with Crippen molar-refractivity contribution in [2.75, 3.05) is 6.54 Å². The first-order valence-corrected chi connectivity index (χ1v) is 6.41. The Kier molecular flexibility index (Phi) is 3.23. The van der Waals surface area contributed by atoms with E-state index in [0.717, 1.165) is 0 Å². The van der Waals surface area contributed by atoms with Crippen LogP contribution in [0.3, 0.4) is 0 Å². The van der Waals surface area contributed by atoms with Gasteiger partial charge in [-0.25, -0.2) is 4.79 Å². The van der Waals surface area contributed by atoms with Crippen LogP contribution in [-0.2, 0) is 9.57 Å². The highest BCUT2D eigenvalue weighted by atomic mass is 79.9. The Hall–Kier alpha value is -1.29. The number of fused-ring (bicyclic) bond motifs is 1. The second kappa shape index (κ2) is 4.43. The molecule has 6 nitrogen and oxygen atoms in total. The molecular weight excluding hydrogens is 302 g/mol. The van der Waals surface area contributed by atoms with Crippen molar-refractivity contribution in [3.63, 3.8) is 0 Å². The molecule has 0 aliphatic carbocycles. The number of halogens is 1. The van der Waals surface area contributed by atoms with Crippen LogP contribution in [0.25, 0.3) is 0 Å². The lowest BCUT2D eigenvalue weighted by atomic mass is 10.1. The van der Waals surface area contributed by atoms with E-state index < -0.39 is 23.8 Å². The molecule has 0 bridgehead atoms. The molecule has 2 rings (SSSR count). The van der Waals surface area contributed by atoms with E-state index in [2.05, 4.69) is 27.2 Å². The summed E-state index contributed by atoms with van der Waals surface area (Å²) in [4.78, 5) is 18.6. The van der Waals surface area contributed by atoms with Crippen LogP contribution in [0.1, 0.15) is 20.8 Å². The zero-order valence-corrected chi connectivity index (χ0v) is 12.0. The fraction of sp³-hybridized carbons (Fsp3) is 0.727. The zero-order valence-electron chi connectivity index (χ0n) is 10.4. The van der Waals surface area contributed by atoms with Crippen molar-refractivity contribution < 1.29 is 14.4 Å². The first-order chi connectivity index (χ1) is 8.33. The predicted octanol–water partition coefficient (Wildman–Crippen LogP) is 1.85. The van der Waals surface area contributed by atoms with Gasteiger partial charge < -0.3 is 9.57 Å². The lowest BCUT2D eigenvalue weighted by molar-refractivity contribution is 0.0139. The van der Waals surface area contributed by atoms with Gasteiger partial charge in [-0.05, 0) is 36.7 Å². The number of rotatable bonds is 0. The van der Waals surface area contributed by atoms with Crippen LogP contribution in [0, 0.1) is 17.2 Å². The summed E-state index contributed by atoms with van der Waals surface area (Å²) < 4.78 is 5.92. The van der Waals surface area contributed by atoms with E-state index in [-0.39, 0.29) is 5.92 Å². The molecule has 2 aliphatic heterocycles. The molecule has 0 aromatic rings. The summed E-state index contributed by atoms with van der Waals surface area (Å²) in [6.45, 7) is 5.74. The summed E-state index contributed by atoms with van der Waals surface area (Å²) in [6, 6.07) is 1.42. The first-order valence-electron chi connectivity index (χ1n) is 5.62. The Morgan fingerprint density at radius 3 is 2.89 bits per heavy atom. The Bertz CT molecular complexity index is 438. The van der Waals surface area contributed by atoms with Crippen LogP contribution in [0.2, 0.25) is 0 Å². The van der Waals surface area contributed by atoms with E-state index in [1.54, 1.807) is 20.8 Å². The minimum absolute atomic E-state index is 0.0813. The van der Waals surface area contributed by atoms with Gasteiger partial charge in [0, 0.05) is 6.54 Å². The molecule has 3 atom stereocenters. The molecule has 0 aromatic carbocycles. The van der Waals surface area contributed by atoms with Gasteiger partial charge >= 0.3 is 6.09 Å². The molecular formula is C11H14BrN3O3. The number of carbonyl (C=O) groups is 1. The van der Waals surface area contributed by atoms with Crippen LogP contribution >= 0.6 is 15.9 Å². The van der Waals surface area contributed by atoms with E-state index in [1.807, 2.05) is 0 Å². The molecule has 1 fully saturated rings. The number of hydrogen-bond donors (Lipinski definition) is 0. The molecule has 0 saturated carbocycles. The maximum atomic E-state index is 12.0. The van der Waals surface area contributed by atoms with Crippen molar-refractivity contribution in [2.45, 2.75) is 38.5 Å². The van der Waals surface area contributed by atoms with Crippen molar-refractivity contribution >= 4 is 26.6 Å². The molecule has 2 heterocycles. The van der Waals surface area contributed by atoms with E-state index in [4.69, 9.17) is 9.57 Å². The fourth-order valence-corrected chi connectivity index (χ4v) is 2.49. The molecule has 98 valence electrons. The summed E-state index contributed by atoms with van der Waals surface area (Å²) in [6.07, 6.45) is -0.899. The summed E-state index contributed by atoms with van der Waals surface area (Å²) in [5, 5.41) is 13.0. The van der Waals surface area contributed by atoms with Gasteiger partial charge in [-0.1, -0.05) is 5.16 Å². The van der Waals surface area contributed by atoms with Gasteiger partial charge in [-0.2, -0.15) is 5.26 Å². The third-order valence-corrected chi connectivity index (χ3v) is 3.50. The molecule has 7 heteroatoms. The van der Waals surface area contributed by atoms with Gasteiger partial charge in [-0.15, -0.1) is 0 Å². The first kappa shape index (κ1) is 13.1. The maximum Gasteiger partial charge on any atom is 0.411 e. The van der Waals surface area contributed by atoms with Crippen molar-refractivity contribution in [3.05, 3.63) is 0 Å². The Morgan fingerprint density at radius 2 is 2.33 bits per heavy atom.